The first-order chi connectivity index (χ1) is 11.3. The summed E-state index contributed by atoms with van der Waals surface area (Å²) in [5.74, 6) is -0.436. The Morgan fingerprint density at radius 2 is 1.92 bits per heavy atom. The Labute approximate surface area is 141 Å². The third-order valence-corrected chi connectivity index (χ3v) is 4.38. The molecule has 0 spiro atoms. The molecule has 1 atom stereocenters. The maximum absolute atomic E-state index is 12.8. The van der Waals surface area contributed by atoms with E-state index in [0.717, 1.165) is 35.0 Å². The minimum Gasteiger partial charge on any atom is -0.469 e. The smallest absolute Gasteiger partial charge is 0.419 e. The molecule has 1 aliphatic carbocycles. The zero-order chi connectivity index (χ0) is 17.5. The number of carbonyl (C=O) groups is 2. The predicted molar refractivity (Wildman–Crippen MR) is 91.1 cm³/mol. The number of methoxy groups -OCH3 is 1. The van der Waals surface area contributed by atoms with E-state index in [4.69, 9.17) is 9.47 Å². The molecule has 128 valence electrons. The van der Waals surface area contributed by atoms with Gasteiger partial charge in [-0.1, -0.05) is 18.2 Å². The molecule has 5 nitrogen and oxygen atoms in total. The van der Waals surface area contributed by atoms with Gasteiger partial charge in [-0.2, -0.15) is 0 Å². The largest absolute Gasteiger partial charge is 0.469 e. The average molecular weight is 329 g/mol. The summed E-state index contributed by atoms with van der Waals surface area (Å²) in [7, 11) is 1.40. The van der Waals surface area contributed by atoms with Gasteiger partial charge in [0.15, 0.2) is 0 Å². The summed E-state index contributed by atoms with van der Waals surface area (Å²) >= 11 is 0. The highest BCUT2D eigenvalue weighted by Crippen LogP contribution is 2.35. The minimum atomic E-state index is -0.578. The summed E-state index contributed by atoms with van der Waals surface area (Å²) in [6, 6.07) is 7.82. The molecule has 0 amide bonds. The number of aryl methyl sites for hydroxylation is 1. The van der Waals surface area contributed by atoms with Crippen molar-refractivity contribution in [3.63, 3.8) is 0 Å². The Bertz CT molecular complexity index is 798. The molecule has 1 heterocycles. The zero-order valence-electron chi connectivity index (χ0n) is 14.6. The van der Waals surface area contributed by atoms with Gasteiger partial charge in [0.2, 0.25) is 0 Å². The van der Waals surface area contributed by atoms with Crippen LogP contribution in [0.3, 0.4) is 0 Å². The van der Waals surface area contributed by atoms with Crippen LogP contribution in [0.4, 0.5) is 4.79 Å². The van der Waals surface area contributed by atoms with Crippen LogP contribution in [0.5, 0.6) is 0 Å². The average Bonchev–Trinajstić information content (AvgIpc) is 2.86. The number of rotatable bonds is 1. The first kappa shape index (κ1) is 16.6. The second-order valence-electron chi connectivity index (χ2n) is 7.22. The van der Waals surface area contributed by atoms with Gasteiger partial charge < -0.3 is 9.47 Å². The molecule has 1 aliphatic rings. The van der Waals surface area contributed by atoms with E-state index in [1.165, 1.54) is 7.11 Å². The molecule has 5 heteroatoms. The first-order valence-electron chi connectivity index (χ1n) is 8.24. The van der Waals surface area contributed by atoms with Crippen molar-refractivity contribution in [3.8, 4) is 0 Å². The Morgan fingerprint density at radius 3 is 2.58 bits per heavy atom. The van der Waals surface area contributed by atoms with E-state index >= 15 is 0 Å². The van der Waals surface area contributed by atoms with Gasteiger partial charge >= 0.3 is 12.1 Å². The third-order valence-electron chi connectivity index (χ3n) is 4.38. The van der Waals surface area contributed by atoms with Crippen molar-refractivity contribution in [1.82, 2.24) is 4.57 Å². The van der Waals surface area contributed by atoms with Crippen LogP contribution in [0.15, 0.2) is 24.3 Å². The fourth-order valence-corrected chi connectivity index (χ4v) is 3.39. The number of para-hydroxylation sites is 1. The predicted octanol–water partition coefficient (Wildman–Crippen LogP) is 3.70. The van der Waals surface area contributed by atoms with Gasteiger partial charge in [0.25, 0.3) is 0 Å². The molecule has 2 aromatic rings. The van der Waals surface area contributed by atoms with Gasteiger partial charge in [-0.15, -0.1) is 0 Å². The monoisotopic (exact) mass is 329 g/mol. The van der Waals surface area contributed by atoms with E-state index in [2.05, 4.69) is 0 Å². The molecule has 24 heavy (non-hydrogen) atoms. The van der Waals surface area contributed by atoms with Crippen LogP contribution in [0, 0.1) is 5.92 Å². The number of hydrogen-bond donors (Lipinski definition) is 0. The molecule has 1 aromatic heterocycles. The summed E-state index contributed by atoms with van der Waals surface area (Å²) in [6.45, 7) is 5.54. The lowest BCUT2D eigenvalue weighted by molar-refractivity contribution is -0.145. The second-order valence-corrected chi connectivity index (χ2v) is 7.22. The second kappa shape index (κ2) is 5.96. The van der Waals surface area contributed by atoms with E-state index in [-0.39, 0.29) is 11.9 Å². The first-order valence-corrected chi connectivity index (χ1v) is 8.24. The number of ether oxygens (including phenoxy) is 2. The Kier molecular flexibility index (Phi) is 4.11. The molecular weight excluding hydrogens is 306 g/mol. The van der Waals surface area contributed by atoms with Gasteiger partial charge in [0.1, 0.15) is 5.60 Å². The van der Waals surface area contributed by atoms with Crippen molar-refractivity contribution in [2.75, 3.05) is 7.11 Å². The number of carbonyl (C=O) groups excluding carboxylic acids is 2. The lowest BCUT2D eigenvalue weighted by Gasteiger charge is -2.24. The summed E-state index contributed by atoms with van der Waals surface area (Å²) in [5.41, 5.74) is 2.26. The Morgan fingerprint density at radius 1 is 1.21 bits per heavy atom. The molecule has 0 bridgehead atoms. The Hall–Kier alpha value is -2.30. The molecule has 0 aliphatic heterocycles. The number of nitrogens with zero attached hydrogens (tertiary/aromatic N) is 1. The number of aromatic nitrogens is 1. The molecule has 0 radical (unpaired) electrons. The summed E-state index contributed by atoms with van der Waals surface area (Å²) in [5, 5.41) is 1.06. The minimum absolute atomic E-state index is 0.215. The van der Waals surface area contributed by atoms with Crippen LogP contribution in [0.25, 0.3) is 10.9 Å². The summed E-state index contributed by atoms with van der Waals surface area (Å²) in [6.07, 6.45) is 1.59. The molecule has 1 aromatic carbocycles. The number of esters is 1. The lowest BCUT2D eigenvalue weighted by atomic mass is 9.87. The van der Waals surface area contributed by atoms with Gasteiger partial charge in [-0.05, 0) is 45.2 Å². The summed E-state index contributed by atoms with van der Waals surface area (Å²) < 4.78 is 12.1. The van der Waals surface area contributed by atoms with Crippen molar-refractivity contribution in [2.24, 2.45) is 5.92 Å². The van der Waals surface area contributed by atoms with Gasteiger partial charge in [0, 0.05) is 17.5 Å². The highest BCUT2D eigenvalue weighted by molar-refractivity contribution is 5.94. The normalized spacial score (nSPS) is 17.4. The summed E-state index contributed by atoms with van der Waals surface area (Å²) in [4.78, 5) is 24.7. The van der Waals surface area contributed by atoms with Crippen LogP contribution in [0.1, 0.15) is 38.4 Å². The number of benzene rings is 1. The molecule has 0 fully saturated rings. The molecule has 0 saturated carbocycles. The number of hydrogen-bond acceptors (Lipinski definition) is 4. The van der Waals surface area contributed by atoms with Crippen molar-refractivity contribution in [3.05, 3.63) is 35.5 Å². The SMILES string of the molecule is COC(=O)C1CCc2c(n(C(=O)OC(C)(C)C)c3ccccc23)C1. The van der Waals surface area contributed by atoms with Gasteiger partial charge in [-0.25, -0.2) is 9.36 Å². The molecule has 0 saturated heterocycles. The maximum Gasteiger partial charge on any atom is 0.419 e. The lowest BCUT2D eigenvalue weighted by Crippen LogP contribution is -2.30. The van der Waals surface area contributed by atoms with Crippen LogP contribution in [-0.4, -0.2) is 29.3 Å². The Balaban J connectivity index is 2.11. The van der Waals surface area contributed by atoms with E-state index < -0.39 is 11.7 Å². The molecular formula is C19H23NO4. The topological polar surface area (TPSA) is 57.5 Å². The van der Waals surface area contributed by atoms with Crippen molar-refractivity contribution in [1.29, 1.82) is 0 Å². The van der Waals surface area contributed by atoms with Crippen molar-refractivity contribution in [2.45, 2.75) is 45.6 Å². The number of fused-ring (bicyclic) bond motifs is 3. The standard InChI is InChI=1S/C19H23NO4/c1-19(2,3)24-18(22)20-15-8-6-5-7-13(15)14-10-9-12(11-16(14)20)17(21)23-4/h5-8,12H,9-11H2,1-4H3. The van der Waals surface area contributed by atoms with Crippen LogP contribution < -0.4 is 0 Å². The third kappa shape index (κ3) is 2.90. The van der Waals surface area contributed by atoms with Gasteiger partial charge in [0.05, 0.1) is 18.5 Å². The zero-order valence-corrected chi connectivity index (χ0v) is 14.6. The molecule has 3 rings (SSSR count). The van der Waals surface area contributed by atoms with E-state index in [0.29, 0.717) is 6.42 Å². The fraction of sp³-hybridized carbons (Fsp3) is 0.474. The fourth-order valence-electron chi connectivity index (χ4n) is 3.39. The van der Waals surface area contributed by atoms with Gasteiger partial charge in [-0.3, -0.25) is 4.79 Å². The van der Waals surface area contributed by atoms with Crippen LogP contribution in [-0.2, 0) is 27.1 Å². The van der Waals surface area contributed by atoms with Crippen molar-refractivity contribution >= 4 is 23.0 Å². The van der Waals surface area contributed by atoms with Crippen molar-refractivity contribution < 1.29 is 19.1 Å². The van der Waals surface area contributed by atoms with Crippen LogP contribution >= 0.6 is 0 Å². The highest BCUT2D eigenvalue weighted by Gasteiger charge is 2.32. The molecule has 0 N–H and O–H groups in total. The van der Waals surface area contributed by atoms with E-state index in [1.54, 1.807) is 4.57 Å². The van der Waals surface area contributed by atoms with Crippen LogP contribution in [0.2, 0.25) is 0 Å². The maximum atomic E-state index is 12.8. The highest BCUT2D eigenvalue weighted by atomic mass is 16.6. The van der Waals surface area contributed by atoms with E-state index in [1.807, 2.05) is 45.0 Å². The van der Waals surface area contributed by atoms with E-state index in [9.17, 15) is 9.59 Å². The quantitative estimate of drug-likeness (QED) is 0.749. The molecule has 1 unspecified atom stereocenters.